The van der Waals surface area contributed by atoms with Crippen LogP contribution in [0.3, 0.4) is 0 Å². The van der Waals surface area contributed by atoms with Gasteiger partial charge < -0.3 is 10.5 Å². The second-order valence-corrected chi connectivity index (χ2v) is 7.66. The van der Waals surface area contributed by atoms with Gasteiger partial charge in [-0.2, -0.15) is 0 Å². The van der Waals surface area contributed by atoms with Crippen molar-refractivity contribution in [2.24, 2.45) is 5.73 Å². The van der Waals surface area contributed by atoms with E-state index in [2.05, 4.69) is 0 Å². The maximum Gasteiger partial charge on any atom is 0.338 e. The summed E-state index contributed by atoms with van der Waals surface area (Å²) in [6, 6.07) is 12.8. The summed E-state index contributed by atoms with van der Waals surface area (Å²) < 4.78 is 18.5. The van der Waals surface area contributed by atoms with Gasteiger partial charge in [0.25, 0.3) is 0 Å². The number of nitrogens with two attached hydrogens (primary N) is 1. The van der Waals surface area contributed by atoms with Crippen molar-refractivity contribution in [1.82, 2.24) is 0 Å². The third-order valence-electron chi connectivity index (χ3n) is 5.49. The van der Waals surface area contributed by atoms with Gasteiger partial charge in [-0.25, -0.2) is 9.18 Å². The summed E-state index contributed by atoms with van der Waals surface area (Å²) in [6.45, 7) is 0. The van der Waals surface area contributed by atoms with Gasteiger partial charge in [0, 0.05) is 28.4 Å². The van der Waals surface area contributed by atoms with Crippen LogP contribution in [0.2, 0.25) is 5.02 Å². The standard InChI is InChI=1S/C23H20ClFN2O3/c1-30-23(29)21-19(13-5-7-14(24)8-6-13)20-17(3-2-4-18(20)28)27(22(21)26)16-11-9-15(25)10-12-16/h5-12,19H,2-4,26H2,1H3. The molecule has 0 aromatic heterocycles. The second-order valence-electron chi connectivity index (χ2n) is 7.22. The summed E-state index contributed by atoms with van der Waals surface area (Å²) in [7, 11) is 1.27. The lowest BCUT2D eigenvalue weighted by atomic mass is 9.75. The molecule has 0 bridgehead atoms. The third kappa shape index (κ3) is 3.37. The molecule has 2 aromatic carbocycles. The molecule has 0 radical (unpaired) electrons. The fourth-order valence-corrected chi connectivity index (χ4v) is 4.30. The number of halogens is 2. The van der Waals surface area contributed by atoms with Crippen molar-refractivity contribution in [3.8, 4) is 0 Å². The van der Waals surface area contributed by atoms with E-state index in [1.54, 1.807) is 41.3 Å². The molecule has 1 atom stereocenters. The first-order valence-electron chi connectivity index (χ1n) is 9.57. The minimum Gasteiger partial charge on any atom is -0.466 e. The van der Waals surface area contributed by atoms with E-state index in [9.17, 15) is 14.0 Å². The van der Waals surface area contributed by atoms with Crippen LogP contribution in [0.15, 0.2) is 71.2 Å². The number of hydrogen-bond acceptors (Lipinski definition) is 5. The van der Waals surface area contributed by atoms with Crippen LogP contribution in [-0.2, 0) is 14.3 Å². The Morgan fingerprint density at radius 3 is 2.43 bits per heavy atom. The molecular weight excluding hydrogens is 407 g/mol. The Balaban J connectivity index is 1.99. The van der Waals surface area contributed by atoms with Crippen molar-refractivity contribution < 1.29 is 18.7 Å². The van der Waals surface area contributed by atoms with E-state index < -0.39 is 11.9 Å². The average molecular weight is 427 g/mol. The molecule has 4 rings (SSSR count). The predicted octanol–water partition coefficient (Wildman–Crippen LogP) is 4.43. The van der Waals surface area contributed by atoms with Gasteiger partial charge in [0.2, 0.25) is 0 Å². The summed E-state index contributed by atoms with van der Waals surface area (Å²) in [5.41, 5.74) is 9.24. The maximum absolute atomic E-state index is 13.5. The molecule has 1 aliphatic heterocycles. The molecule has 1 aliphatic carbocycles. The topological polar surface area (TPSA) is 72.6 Å². The Morgan fingerprint density at radius 1 is 1.13 bits per heavy atom. The van der Waals surface area contributed by atoms with Crippen LogP contribution in [0.4, 0.5) is 10.1 Å². The number of methoxy groups -OCH3 is 1. The number of hydrogen-bond donors (Lipinski definition) is 1. The van der Waals surface area contributed by atoms with Gasteiger partial charge in [0.15, 0.2) is 5.78 Å². The van der Waals surface area contributed by atoms with Crippen LogP contribution >= 0.6 is 11.6 Å². The average Bonchev–Trinajstić information content (AvgIpc) is 2.74. The summed E-state index contributed by atoms with van der Waals surface area (Å²) in [4.78, 5) is 27.6. The third-order valence-corrected chi connectivity index (χ3v) is 5.74. The van der Waals surface area contributed by atoms with Gasteiger partial charge >= 0.3 is 5.97 Å². The molecule has 5 nitrogen and oxygen atoms in total. The number of ketones is 1. The van der Waals surface area contributed by atoms with Gasteiger partial charge in [0.05, 0.1) is 18.6 Å². The molecule has 2 aromatic rings. The van der Waals surface area contributed by atoms with Crippen molar-refractivity contribution in [2.75, 3.05) is 12.0 Å². The highest BCUT2D eigenvalue weighted by Crippen LogP contribution is 2.46. The molecule has 0 amide bonds. The summed E-state index contributed by atoms with van der Waals surface area (Å²) in [5.74, 6) is -1.54. The monoisotopic (exact) mass is 426 g/mol. The lowest BCUT2D eigenvalue weighted by Crippen LogP contribution is -2.40. The van der Waals surface area contributed by atoms with Crippen LogP contribution in [0.25, 0.3) is 0 Å². The van der Waals surface area contributed by atoms with Crippen LogP contribution in [0.1, 0.15) is 30.7 Å². The number of esters is 1. The molecule has 0 spiro atoms. The molecule has 1 heterocycles. The summed E-state index contributed by atoms with van der Waals surface area (Å²) in [5, 5.41) is 0.545. The van der Waals surface area contributed by atoms with E-state index >= 15 is 0 Å². The summed E-state index contributed by atoms with van der Waals surface area (Å²) >= 11 is 6.04. The number of carbonyl (C=O) groups excluding carboxylic acids is 2. The van der Waals surface area contributed by atoms with E-state index in [1.165, 1.54) is 19.2 Å². The molecule has 0 saturated heterocycles. The molecule has 2 N–H and O–H groups in total. The number of benzene rings is 2. The first-order valence-corrected chi connectivity index (χ1v) is 9.95. The van der Waals surface area contributed by atoms with Crippen molar-refractivity contribution >= 4 is 29.0 Å². The smallest absolute Gasteiger partial charge is 0.338 e. The van der Waals surface area contributed by atoms with Crippen molar-refractivity contribution in [3.05, 3.63) is 87.6 Å². The molecular formula is C23H20ClFN2O3. The van der Waals surface area contributed by atoms with Crippen LogP contribution < -0.4 is 10.6 Å². The largest absolute Gasteiger partial charge is 0.466 e. The van der Waals surface area contributed by atoms with Gasteiger partial charge in [-0.3, -0.25) is 9.69 Å². The lowest BCUT2D eigenvalue weighted by Gasteiger charge is -2.40. The minimum absolute atomic E-state index is 0.0442. The zero-order chi connectivity index (χ0) is 21.4. The number of Topliss-reactive ketones (excluding diaryl/α,β-unsaturated/α-hetero) is 1. The van der Waals surface area contributed by atoms with Crippen LogP contribution in [0, 0.1) is 5.82 Å². The Labute approximate surface area is 178 Å². The highest BCUT2D eigenvalue weighted by molar-refractivity contribution is 6.30. The van der Waals surface area contributed by atoms with E-state index in [0.717, 1.165) is 11.3 Å². The quantitative estimate of drug-likeness (QED) is 0.735. The molecule has 0 saturated carbocycles. The number of nitrogens with zero attached hydrogens (tertiary/aromatic N) is 1. The second kappa shape index (κ2) is 7.95. The SMILES string of the molecule is COC(=O)C1=C(N)N(c2ccc(F)cc2)C2=C(C(=O)CCC2)C1c1ccc(Cl)cc1. The molecule has 1 unspecified atom stereocenters. The van der Waals surface area contributed by atoms with E-state index in [-0.39, 0.29) is 23.0 Å². The summed E-state index contributed by atoms with van der Waals surface area (Å²) in [6.07, 6.45) is 1.66. The molecule has 30 heavy (non-hydrogen) atoms. The molecule has 7 heteroatoms. The van der Waals surface area contributed by atoms with Gasteiger partial charge in [-0.1, -0.05) is 23.7 Å². The fourth-order valence-electron chi connectivity index (χ4n) is 4.17. The van der Waals surface area contributed by atoms with E-state index in [4.69, 9.17) is 22.1 Å². The molecule has 2 aliphatic rings. The number of rotatable bonds is 3. The lowest BCUT2D eigenvalue weighted by molar-refractivity contribution is -0.136. The number of allylic oxidation sites excluding steroid dienone is 2. The maximum atomic E-state index is 13.5. The highest BCUT2D eigenvalue weighted by atomic mass is 35.5. The molecule has 154 valence electrons. The zero-order valence-electron chi connectivity index (χ0n) is 16.3. The Morgan fingerprint density at radius 2 is 1.80 bits per heavy atom. The van der Waals surface area contributed by atoms with Gasteiger partial charge in [-0.05, 0) is 54.8 Å². The van der Waals surface area contributed by atoms with Gasteiger partial charge in [-0.15, -0.1) is 0 Å². The number of ether oxygens (including phenoxy) is 1. The zero-order valence-corrected chi connectivity index (χ0v) is 17.1. The normalized spacial score (nSPS) is 19.1. The number of anilines is 1. The first-order chi connectivity index (χ1) is 14.4. The number of carbonyl (C=O) groups is 2. The molecule has 0 fully saturated rings. The minimum atomic E-state index is -0.658. The van der Waals surface area contributed by atoms with E-state index in [1.807, 2.05) is 0 Å². The fraction of sp³-hybridized carbons (Fsp3) is 0.217. The Hall–Kier alpha value is -3.12. The van der Waals surface area contributed by atoms with E-state index in [0.29, 0.717) is 35.5 Å². The highest BCUT2D eigenvalue weighted by Gasteiger charge is 2.42. The van der Waals surface area contributed by atoms with Crippen molar-refractivity contribution in [1.29, 1.82) is 0 Å². The predicted molar refractivity (Wildman–Crippen MR) is 112 cm³/mol. The van der Waals surface area contributed by atoms with Crippen LogP contribution in [-0.4, -0.2) is 18.9 Å². The first kappa shape index (κ1) is 20.2. The Kier molecular flexibility index (Phi) is 5.35. The van der Waals surface area contributed by atoms with Crippen molar-refractivity contribution in [3.63, 3.8) is 0 Å². The van der Waals surface area contributed by atoms with Gasteiger partial charge in [0.1, 0.15) is 11.6 Å². The van der Waals surface area contributed by atoms with Crippen LogP contribution in [0.5, 0.6) is 0 Å². The Bertz CT molecular complexity index is 1070. The van der Waals surface area contributed by atoms with Crippen molar-refractivity contribution in [2.45, 2.75) is 25.2 Å².